The van der Waals surface area contributed by atoms with Crippen LogP contribution in [0.1, 0.15) is 10.5 Å². The maximum Gasteiger partial charge on any atom is 0.356 e. The van der Waals surface area contributed by atoms with Crippen LogP contribution in [0.4, 0.5) is 10.2 Å². The number of methoxy groups -OCH3 is 1. The summed E-state index contributed by atoms with van der Waals surface area (Å²) < 4.78 is 17.7. The highest BCUT2D eigenvalue weighted by Gasteiger charge is 2.19. The van der Waals surface area contributed by atoms with E-state index in [1.807, 2.05) is 0 Å². The molecule has 3 N–H and O–H groups in total. The molecule has 2 aromatic rings. The van der Waals surface area contributed by atoms with Gasteiger partial charge in [-0.3, -0.25) is 5.10 Å². The minimum atomic E-state index is -0.603. The van der Waals surface area contributed by atoms with Crippen molar-refractivity contribution in [3.8, 4) is 11.1 Å². The predicted octanol–water partition coefficient (Wildman–Crippen LogP) is 1.58. The van der Waals surface area contributed by atoms with Crippen LogP contribution >= 0.6 is 0 Å². The Labute approximate surface area is 96.4 Å². The molecule has 1 aromatic carbocycles. The Morgan fingerprint density at radius 2 is 2.29 bits per heavy atom. The Hall–Kier alpha value is -2.37. The van der Waals surface area contributed by atoms with E-state index in [0.717, 1.165) is 0 Å². The third-order valence-electron chi connectivity index (χ3n) is 2.30. The number of hydrogen-bond acceptors (Lipinski definition) is 4. The number of aromatic nitrogens is 2. The Bertz CT molecular complexity index is 566. The van der Waals surface area contributed by atoms with Gasteiger partial charge >= 0.3 is 5.97 Å². The predicted molar refractivity (Wildman–Crippen MR) is 59.7 cm³/mol. The molecule has 0 radical (unpaired) electrons. The summed E-state index contributed by atoms with van der Waals surface area (Å²) in [6, 6.07) is 5.74. The average Bonchev–Trinajstić information content (AvgIpc) is 2.70. The van der Waals surface area contributed by atoms with E-state index in [9.17, 15) is 9.18 Å². The van der Waals surface area contributed by atoms with E-state index in [1.165, 1.54) is 25.3 Å². The van der Waals surface area contributed by atoms with E-state index in [0.29, 0.717) is 11.1 Å². The second kappa shape index (κ2) is 4.25. The zero-order valence-corrected chi connectivity index (χ0v) is 9.03. The van der Waals surface area contributed by atoms with Gasteiger partial charge in [0.15, 0.2) is 11.5 Å². The van der Waals surface area contributed by atoms with Crippen molar-refractivity contribution >= 4 is 11.8 Å². The lowest BCUT2D eigenvalue weighted by Gasteiger charge is -2.02. The zero-order chi connectivity index (χ0) is 12.4. The molecule has 0 amide bonds. The lowest BCUT2D eigenvalue weighted by atomic mass is 10.1. The van der Waals surface area contributed by atoms with E-state index >= 15 is 0 Å². The third kappa shape index (κ3) is 1.96. The summed E-state index contributed by atoms with van der Waals surface area (Å²) >= 11 is 0. The van der Waals surface area contributed by atoms with E-state index in [-0.39, 0.29) is 11.5 Å². The number of carbonyl (C=O) groups is 1. The van der Waals surface area contributed by atoms with Gasteiger partial charge in [-0.2, -0.15) is 5.10 Å². The minimum Gasteiger partial charge on any atom is -0.464 e. The number of nitrogen functional groups attached to an aromatic ring is 1. The van der Waals surface area contributed by atoms with Crippen molar-refractivity contribution in [3.05, 3.63) is 35.8 Å². The van der Waals surface area contributed by atoms with E-state index in [2.05, 4.69) is 14.9 Å². The van der Waals surface area contributed by atoms with Crippen LogP contribution in [0.2, 0.25) is 0 Å². The van der Waals surface area contributed by atoms with Crippen molar-refractivity contribution in [3.63, 3.8) is 0 Å². The summed E-state index contributed by atoms with van der Waals surface area (Å²) in [5.41, 5.74) is 6.56. The molecule has 0 fully saturated rings. The maximum absolute atomic E-state index is 13.1. The van der Waals surface area contributed by atoms with Crippen molar-refractivity contribution in [2.45, 2.75) is 0 Å². The van der Waals surface area contributed by atoms with E-state index in [4.69, 9.17) is 5.73 Å². The van der Waals surface area contributed by atoms with Crippen LogP contribution in [-0.2, 0) is 4.74 Å². The fourth-order valence-electron chi connectivity index (χ4n) is 1.54. The molecule has 0 atom stereocenters. The number of benzene rings is 1. The lowest BCUT2D eigenvalue weighted by Crippen LogP contribution is -2.03. The molecule has 6 heteroatoms. The number of anilines is 1. The molecular formula is C11H10FN3O2. The van der Waals surface area contributed by atoms with Gasteiger partial charge in [-0.15, -0.1) is 0 Å². The first kappa shape index (κ1) is 11.1. The van der Waals surface area contributed by atoms with Gasteiger partial charge in [0.25, 0.3) is 0 Å². The van der Waals surface area contributed by atoms with Gasteiger partial charge in [-0.25, -0.2) is 9.18 Å². The van der Waals surface area contributed by atoms with Crippen molar-refractivity contribution in [1.29, 1.82) is 0 Å². The van der Waals surface area contributed by atoms with E-state index < -0.39 is 11.8 Å². The van der Waals surface area contributed by atoms with Crippen LogP contribution in [-0.4, -0.2) is 23.3 Å². The SMILES string of the molecule is COC(=O)c1[nH]nc(N)c1-c1cccc(F)c1. The Morgan fingerprint density at radius 3 is 2.94 bits per heavy atom. The summed E-state index contributed by atoms with van der Waals surface area (Å²) in [6.07, 6.45) is 0. The fourth-order valence-corrected chi connectivity index (χ4v) is 1.54. The number of hydrogen-bond donors (Lipinski definition) is 2. The van der Waals surface area contributed by atoms with Gasteiger partial charge in [-0.1, -0.05) is 12.1 Å². The Morgan fingerprint density at radius 1 is 1.53 bits per heavy atom. The minimum absolute atomic E-state index is 0.107. The summed E-state index contributed by atoms with van der Waals surface area (Å²) in [5, 5.41) is 6.19. The molecule has 1 aromatic heterocycles. The number of ether oxygens (including phenoxy) is 1. The summed E-state index contributed by atoms with van der Waals surface area (Å²) in [6.45, 7) is 0. The molecule has 0 saturated heterocycles. The van der Waals surface area contributed by atoms with Crippen LogP contribution in [0.25, 0.3) is 11.1 Å². The van der Waals surface area contributed by atoms with Crippen molar-refractivity contribution in [1.82, 2.24) is 10.2 Å². The number of H-pyrrole nitrogens is 1. The quantitative estimate of drug-likeness (QED) is 0.774. The number of nitrogens with one attached hydrogen (secondary N) is 1. The van der Waals surface area contributed by atoms with Gasteiger partial charge < -0.3 is 10.5 Å². The summed E-state index contributed by atoms with van der Waals surface area (Å²) in [7, 11) is 1.24. The second-order valence-electron chi connectivity index (χ2n) is 3.36. The number of aromatic amines is 1. The molecule has 0 spiro atoms. The maximum atomic E-state index is 13.1. The zero-order valence-electron chi connectivity index (χ0n) is 9.03. The molecule has 2 rings (SSSR count). The van der Waals surface area contributed by atoms with Crippen LogP contribution in [0.15, 0.2) is 24.3 Å². The van der Waals surface area contributed by atoms with Gasteiger partial charge in [0, 0.05) is 0 Å². The monoisotopic (exact) mass is 235 g/mol. The topological polar surface area (TPSA) is 81.0 Å². The normalized spacial score (nSPS) is 10.2. The number of esters is 1. The highest BCUT2D eigenvalue weighted by atomic mass is 19.1. The van der Waals surface area contributed by atoms with Gasteiger partial charge in [0.1, 0.15) is 5.82 Å². The molecule has 0 bridgehead atoms. The molecule has 0 unspecified atom stereocenters. The third-order valence-corrected chi connectivity index (χ3v) is 2.30. The highest BCUT2D eigenvalue weighted by molar-refractivity contribution is 5.98. The fraction of sp³-hybridized carbons (Fsp3) is 0.0909. The first-order chi connectivity index (χ1) is 8.13. The smallest absolute Gasteiger partial charge is 0.356 e. The second-order valence-corrected chi connectivity index (χ2v) is 3.36. The number of nitrogens with two attached hydrogens (primary N) is 1. The largest absolute Gasteiger partial charge is 0.464 e. The lowest BCUT2D eigenvalue weighted by molar-refractivity contribution is 0.0595. The molecule has 0 aliphatic heterocycles. The van der Waals surface area contributed by atoms with Gasteiger partial charge in [-0.05, 0) is 17.7 Å². The molecule has 17 heavy (non-hydrogen) atoms. The van der Waals surface area contributed by atoms with Gasteiger partial charge in [0.05, 0.1) is 12.7 Å². The number of rotatable bonds is 2. The standard InChI is InChI=1S/C11H10FN3O2/c1-17-11(16)9-8(10(13)15-14-9)6-3-2-4-7(12)5-6/h2-5H,1H3,(H3,13,14,15). The summed E-state index contributed by atoms with van der Waals surface area (Å²) in [4.78, 5) is 11.5. The number of halogens is 1. The average molecular weight is 235 g/mol. The highest BCUT2D eigenvalue weighted by Crippen LogP contribution is 2.28. The molecule has 0 aliphatic rings. The molecular weight excluding hydrogens is 225 g/mol. The first-order valence-corrected chi connectivity index (χ1v) is 4.81. The van der Waals surface area contributed by atoms with E-state index in [1.54, 1.807) is 6.07 Å². The molecule has 88 valence electrons. The van der Waals surface area contributed by atoms with Crippen LogP contribution in [0.3, 0.4) is 0 Å². The van der Waals surface area contributed by atoms with Crippen LogP contribution in [0.5, 0.6) is 0 Å². The molecule has 5 nitrogen and oxygen atoms in total. The number of nitrogens with zero attached hydrogens (tertiary/aromatic N) is 1. The van der Waals surface area contributed by atoms with Crippen molar-refractivity contribution < 1.29 is 13.9 Å². The summed E-state index contributed by atoms with van der Waals surface area (Å²) in [5.74, 6) is -0.900. The van der Waals surface area contributed by atoms with Crippen LogP contribution < -0.4 is 5.73 Å². The number of carbonyl (C=O) groups excluding carboxylic acids is 1. The van der Waals surface area contributed by atoms with Crippen molar-refractivity contribution in [2.75, 3.05) is 12.8 Å². The van der Waals surface area contributed by atoms with Gasteiger partial charge in [0.2, 0.25) is 0 Å². The van der Waals surface area contributed by atoms with Crippen LogP contribution in [0, 0.1) is 5.82 Å². The Balaban J connectivity index is 2.58. The molecule has 0 saturated carbocycles. The molecule has 1 heterocycles. The Kier molecular flexibility index (Phi) is 2.78. The molecule has 0 aliphatic carbocycles. The van der Waals surface area contributed by atoms with Crippen molar-refractivity contribution in [2.24, 2.45) is 0 Å². The first-order valence-electron chi connectivity index (χ1n) is 4.81.